The molecule has 0 aliphatic carbocycles. The van der Waals surface area contributed by atoms with E-state index in [1.165, 1.54) is 19.2 Å². The van der Waals surface area contributed by atoms with Crippen LogP contribution in [0, 0.1) is 0 Å². The number of phenols is 1. The van der Waals surface area contributed by atoms with Crippen LogP contribution in [0.15, 0.2) is 22.7 Å². The molecule has 5 nitrogen and oxygen atoms in total. The van der Waals surface area contributed by atoms with Crippen molar-refractivity contribution in [2.45, 2.75) is 6.42 Å². The molecule has 0 radical (unpaired) electrons. The number of rotatable bonds is 2. The van der Waals surface area contributed by atoms with Crippen molar-refractivity contribution in [2.75, 3.05) is 7.11 Å². The lowest BCUT2D eigenvalue weighted by Crippen LogP contribution is -2.04. The first kappa shape index (κ1) is 9.51. The Morgan fingerprint density at radius 2 is 2.40 bits per heavy atom. The maximum absolute atomic E-state index is 11.0. The second-order valence-corrected chi connectivity index (χ2v) is 3.06. The number of methoxy groups -OCH3 is 1. The number of fused-ring (bicyclic) bond motifs is 1. The molecule has 0 bridgehead atoms. The van der Waals surface area contributed by atoms with E-state index >= 15 is 0 Å². The predicted molar refractivity (Wildman–Crippen MR) is 51.4 cm³/mol. The van der Waals surface area contributed by atoms with E-state index in [1.807, 2.05) is 0 Å². The van der Waals surface area contributed by atoms with Crippen molar-refractivity contribution in [1.82, 2.24) is 5.16 Å². The lowest BCUT2D eigenvalue weighted by atomic mass is 10.1. The van der Waals surface area contributed by atoms with Gasteiger partial charge in [0.05, 0.1) is 13.5 Å². The largest absolute Gasteiger partial charge is 0.508 e. The summed E-state index contributed by atoms with van der Waals surface area (Å²) < 4.78 is 9.50. The van der Waals surface area contributed by atoms with Crippen LogP contribution in [0.4, 0.5) is 0 Å². The van der Waals surface area contributed by atoms with E-state index in [1.54, 1.807) is 6.07 Å². The highest BCUT2D eigenvalue weighted by Gasteiger charge is 2.12. The molecule has 0 aliphatic rings. The van der Waals surface area contributed by atoms with Crippen LogP contribution in [0.3, 0.4) is 0 Å². The standard InChI is InChI=1S/C10H9NO4/c1-14-10(13)5-8-7-4-6(12)2-3-9(7)15-11-8/h2-4,12H,5H2,1H3. The lowest BCUT2D eigenvalue weighted by molar-refractivity contribution is -0.139. The molecule has 0 saturated carbocycles. The third-order valence-electron chi connectivity index (χ3n) is 2.07. The fourth-order valence-corrected chi connectivity index (χ4v) is 1.31. The van der Waals surface area contributed by atoms with Crippen molar-refractivity contribution in [3.05, 3.63) is 23.9 Å². The summed E-state index contributed by atoms with van der Waals surface area (Å²) in [6, 6.07) is 4.60. The highest BCUT2D eigenvalue weighted by molar-refractivity contribution is 5.85. The van der Waals surface area contributed by atoms with Gasteiger partial charge in [0.25, 0.3) is 0 Å². The lowest BCUT2D eigenvalue weighted by Gasteiger charge is -1.95. The highest BCUT2D eigenvalue weighted by Crippen LogP contribution is 2.23. The van der Waals surface area contributed by atoms with Crippen LogP contribution in [0.2, 0.25) is 0 Å². The monoisotopic (exact) mass is 207 g/mol. The van der Waals surface area contributed by atoms with Crippen LogP contribution in [0.1, 0.15) is 5.69 Å². The number of esters is 1. The van der Waals surface area contributed by atoms with Crippen LogP contribution in [-0.4, -0.2) is 23.3 Å². The molecular weight excluding hydrogens is 198 g/mol. The molecule has 0 aliphatic heterocycles. The van der Waals surface area contributed by atoms with Crippen LogP contribution in [-0.2, 0) is 16.0 Å². The van der Waals surface area contributed by atoms with Crippen molar-refractivity contribution in [1.29, 1.82) is 0 Å². The van der Waals surface area contributed by atoms with Crippen molar-refractivity contribution < 1.29 is 19.2 Å². The Morgan fingerprint density at radius 3 is 3.13 bits per heavy atom. The SMILES string of the molecule is COC(=O)Cc1noc2ccc(O)cc12. The van der Waals surface area contributed by atoms with Crippen molar-refractivity contribution in [3.63, 3.8) is 0 Å². The number of phenolic OH excluding ortho intramolecular Hbond substituents is 1. The zero-order valence-electron chi connectivity index (χ0n) is 8.06. The van der Waals surface area contributed by atoms with Gasteiger partial charge in [0.1, 0.15) is 11.4 Å². The second-order valence-electron chi connectivity index (χ2n) is 3.06. The summed E-state index contributed by atoms with van der Waals surface area (Å²) in [4.78, 5) is 11.0. The van der Waals surface area contributed by atoms with E-state index in [4.69, 9.17) is 4.52 Å². The molecule has 0 unspecified atom stereocenters. The second kappa shape index (κ2) is 3.61. The Morgan fingerprint density at radius 1 is 1.60 bits per heavy atom. The molecule has 0 amide bonds. The van der Waals surface area contributed by atoms with Gasteiger partial charge in [-0.2, -0.15) is 0 Å². The van der Waals surface area contributed by atoms with Gasteiger partial charge in [-0.05, 0) is 18.2 Å². The van der Waals surface area contributed by atoms with E-state index in [2.05, 4.69) is 9.89 Å². The van der Waals surface area contributed by atoms with E-state index in [-0.39, 0.29) is 12.2 Å². The van der Waals surface area contributed by atoms with Gasteiger partial charge in [0, 0.05) is 5.39 Å². The number of aromatic nitrogens is 1. The molecule has 1 aromatic heterocycles. The first-order valence-electron chi connectivity index (χ1n) is 4.35. The Labute approximate surface area is 85.2 Å². The summed E-state index contributed by atoms with van der Waals surface area (Å²) in [6.45, 7) is 0. The summed E-state index contributed by atoms with van der Waals surface area (Å²) in [5.41, 5.74) is 0.999. The molecule has 15 heavy (non-hydrogen) atoms. The third kappa shape index (κ3) is 1.76. The van der Waals surface area contributed by atoms with E-state index in [9.17, 15) is 9.90 Å². The topological polar surface area (TPSA) is 72.6 Å². The molecule has 1 N–H and O–H groups in total. The summed E-state index contributed by atoms with van der Waals surface area (Å²) in [7, 11) is 1.31. The normalized spacial score (nSPS) is 10.5. The Hall–Kier alpha value is -2.04. The third-order valence-corrected chi connectivity index (χ3v) is 2.07. The number of benzene rings is 1. The fourth-order valence-electron chi connectivity index (χ4n) is 1.31. The number of carbonyl (C=O) groups excluding carboxylic acids is 1. The van der Waals surface area contributed by atoms with E-state index < -0.39 is 5.97 Å². The Balaban J connectivity index is 2.43. The van der Waals surface area contributed by atoms with Crippen molar-refractivity contribution in [3.8, 4) is 5.75 Å². The number of hydrogen-bond acceptors (Lipinski definition) is 5. The van der Waals surface area contributed by atoms with Gasteiger partial charge in [0.2, 0.25) is 0 Å². The van der Waals surface area contributed by atoms with Crippen LogP contribution in [0.5, 0.6) is 5.75 Å². The van der Waals surface area contributed by atoms with E-state index in [0.717, 1.165) is 0 Å². The molecular formula is C10H9NO4. The van der Waals surface area contributed by atoms with E-state index in [0.29, 0.717) is 16.7 Å². The van der Waals surface area contributed by atoms with Crippen molar-refractivity contribution in [2.24, 2.45) is 0 Å². The van der Waals surface area contributed by atoms with Crippen LogP contribution in [0.25, 0.3) is 11.0 Å². The predicted octanol–water partition coefficient (Wildman–Crippen LogP) is 1.25. The van der Waals surface area contributed by atoms with Gasteiger partial charge in [0.15, 0.2) is 5.58 Å². The highest BCUT2D eigenvalue weighted by atomic mass is 16.5. The molecule has 78 valence electrons. The fraction of sp³-hybridized carbons (Fsp3) is 0.200. The minimum atomic E-state index is -0.395. The first-order chi connectivity index (χ1) is 7.20. The number of carbonyl (C=O) groups is 1. The van der Waals surface area contributed by atoms with Gasteiger partial charge in [-0.3, -0.25) is 4.79 Å². The maximum Gasteiger partial charge on any atom is 0.311 e. The zero-order chi connectivity index (χ0) is 10.8. The minimum absolute atomic E-state index is 0.0347. The number of ether oxygens (including phenoxy) is 1. The molecule has 2 rings (SSSR count). The molecule has 2 aromatic rings. The van der Waals surface area contributed by atoms with Gasteiger partial charge in [-0.15, -0.1) is 0 Å². The average Bonchev–Trinajstić information content (AvgIpc) is 2.61. The Kier molecular flexibility index (Phi) is 2.29. The zero-order valence-corrected chi connectivity index (χ0v) is 8.06. The van der Waals surface area contributed by atoms with Crippen molar-refractivity contribution >= 4 is 16.9 Å². The van der Waals surface area contributed by atoms with Crippen LogP contribution >= 0.6 is 0 Å². The molecule has 0 saturated heterocycles. The summed E-state index contributed by atoms with van der Waals surface area (Å²) in [5.74, 6) is -0.287. The summed E-state index contributed by atoms with van der Waals surface area (Å²) in [6.07, 6.45) is 0.0347. The molecule has 1 heterocycles. The molecule has 0 spiro atoms. The van der Waals surface area contributed by atoms with Crippen LogP contribution < -0.4 is 0 Å². The summed E-state index contributed by atoms with van der Waals surface area (Å²) >= 11 is 0. The number of nitrogens with zero attached hydrogens (tertiary/aromatic N) is 1. The molecule has 1 aromatic carbocycles. The van der Waals surface area contributed by atoms with Gasteiger partial charge in [-0.1, -0.05) is 5.16 Å². The Bertz CT molecular complexity index is 503. The quantitative estimate of drug-likeness (QED) is 0.750. The summed E-state index contributed by atoms with van der Waals surface area (Å²) in [5, 5.41) is 13.6. The molecule has 0 atom stereocenters. The average molecular weight is 207 g/mol. The minimum Gasteiger partial charge on any atom is -0.508 e. The molecule has 0 fully saturated rings. The van der Waals surface area contributed by atoms with Gasteiger partial charge in [-0.25, -0.2) is 0 Å². The van der Waals surface area contributed by atoms with Gasteiger partial charge < -0.3 is 14.4 Å². The number of aromatic hydroxyl groups is 1. The first-order valence-corrected chi connectivity index (χ1v) is 4.35. The van der Waals surface area contributed by atoms with Gasteiger partial charge >= 0.3 is 5.97 Å². The number of hydrogen-bond donors (Lipinski definition) is 1. The smallest absolute Gasteiger partial charge is 0.311 e. The molecule has 5 heteroatoms. The maximum atomic E-state index is 11.0.